The Morgan fingerprint density at radius 3 is 2.62 bits per heavy atom. The van der Waals surface area contributed by atoms with Crippen LogP contribution in [-0.2, 0) is 11.3 Å². The Labute approximate surface area is 190 Å². The van der Waals surface area contributed by atoms with Crippen LogP contribution < -0.4 is 0 Å². The van der Waals surface area contributed by atoms with E-state index in [2.05, 4.69) is 10.2 Å². The summed E-state index contributed by atoms with van der Waals surface area (Å²) in [4.78, 5) is 27.5. The molecule has 0 radical (unpaired) electrons. The van der Waals surface area contributed by atoms with E-state index in [-0.39, 0.29) is 29.8 Å². The third-order valence-electron chi connectivity index (χ3n) is 5.37. The van der Waals surface area contributed by atoms with Gasteiger partial charge in [0, 0.05) is 36.2 Å². The number of hydrogen-bond donors (Lipinski definition) is 0. The van der Waals surface area contributed by atoms with Crippen LogP contribution in [0.2, 0.25) is 0 Å². The molecule has 1 aromatic carbocycles. The quantitative estimate of drug-likeness (QED) is 0.593. The Hall–Kier alpha value is -3.25. The maximum Gasteiger partial charge on any atom is 0.410 e. The van der Waals surface area contributed by atoms with E-state index in [9.17, 15) is 31.5 Å². The zero-order chi connectivity index (χ0) is 25.0. The molecule has 34 heavy (non-hydrogen) atoms. The third-order valence-corrected chi connectivity index (χ3v) is 5.37. The molecule has 1 saturated heterocycles. The number of hydrogen-bond acceptors (Lipinski definition) is 6. The van der Waals surface area contributed by atoms with Gasteiger partial charge in [0.05, 0.1) is 12.6 Å². The van der Waals surface area contributed by atoms with E-state index in [1.807, 2.05) is 0 Å². The molecule has 0 aliphatic carbocycles. The van der Waals surface area contributed by atoms with Crippen LogP contribution in [0.15, 0.2) is 16.5 Å². The van der Waals surface area contributed by atoms with E-state index in [4.69, 9.17) is 9.15 Å². The zero-order valence-electron chi connectivity index (χ0n) is 18.4. The first kappa shape index (κ1) is 23.9. The number of aromatic nitrogens is 2. The van der Waals surface area contributed by atoms with Gasteiger partial charge in [0.15, 0.2) is 0 Å². The van der Waals surface area contributed by atoms with Gasteiger partial charge in [-0.3, -0.25) is 9.69 Å². The van der Waals surface area contributed by atoms with Gasteiger partial charge in [0.1, 0.15) is 11.4 Å². The van der Waals surface area contributed by atoms with Crippen LogP contribution in [0.25, 0.3) is 11.5 Å². The van der Waals surface area contributed by atoms with E-state index < -0.39 is 66.6 Å². The number of amides is 2. The molecule has 2 aromatic rings. The minimum absolute atomic E-state index is 0.0101. The van der Waals surface area contributed by atoms with Gasteiger partial charge in [-0.1, -0.05) is 0 Å². The summed E-state index contributed by atoms with van der Waals surface area (Å²) in [6.45, 7) is 3.46. The zero-order valence-corrected chi connectivity index (χ0v) is 18.4. The van der Waals surface area contributed by atoms with Crippen molar-refractivity contribution in [1.29, 1.82) is 0 Å². The second kappa shape index (κ2) is 8.20. The predicted octanol–water partition coefficient (Wildman–Crippen LogP) is 4.41. The van der Waals surface area contributed by atoms with Crippen molar-refractivity contribution in [2.45, 2.75) is 57.7 Å². The van der Waals surface area contributed by atoms with Gasteiger partial charge in [-0.05, 0) is 32.9 Å². The van der Waals surface area contributed by atoms with Crippen LogP contribution in [0.5, 0.6) is 0 Å². The lowest BCUT2D eigenvalue weighted by Crippen LogP contribution is -2.45. The van der Waals surface area contributed by atoms with Crippen molar-refractivity contribution < 1.29 is 40.7 Å². The number of rotatable bonds is 4. The largest absolute Gasteiger partial charge is 0.444 e. The number of carbonyl (C=O) groups is 2. The monoisotopic (exact) mass is 488 g/mol. The Morgan fingerprint density at radius 2 is 2.00 bits per heavy atom. The van der Waals surface area contributed by atoms with E-state index in [1.165, 1.54) is 6.07 Å². The summed E-state index contributed by atoms with van der Waals surface area (Å²) >= 11 is 0. The van der Waals surface area contributed by atoms with E-state index >= 15 is 0 Å². The fraction of sp³-hybridized carbons (Fsp3) is 0.524. The Balaban J connectivity index is 1.55. The molecule has 8 nitrogen and oxygen atoms in total. The second-order valence-corrected chi connectivity index (χ2v) is 9.24. The van der Waals surface area contributed by atoms with Gasteiger partial charge < -0.3 is 14.1 Å². The van der Waals surface area contributed by atoms with Crippen LogP contribution >= 0.6 is 0 Å². The molecule has 0 unspecified atom stereocenters. The molecule has 2 aliphatic rings. The normalized spacial score (nSPS) is 19.8. The molecule has 0 bridgehead atoms. The Kier molecular flexibility index (Phi) is 5.76. The van der Waals surface area contributed by atoms with E-state index in [1.54, 1.807) is 20.8 Å². The summed E-state index contributed by atoms with van der Waals surface area (Å²) in [7, 11) is 0. The van der Waals surface area contributed by atoms with Gasteiger partial charge in [-0.15, -0.1) is 10.2 Å². The van der Waals surface area contributed by atoms with Crippen LogP contribution in [0, 0.1) is 5.82 Å². The van der Waals surface area contributed by atoms with Gasteiger partial charge in [-0.2, -0.15) is 8.78 Å². The van der Waals surface area contributed by atoms with Gasteiger partial charge in [0.2, 0.25) is 5.89 Å². The average Bonchev–Trinajstić information content (AvgIpc) is 3.38. The first-order valence-corrected chi connectivity index (χ1v) is 10.3. The van der Waals surface area contributed by atoms with Crippen LogP contribution in [0.3, 0.4) is 0 Å². The summed E-state index contributed by atoms with van der Waals surface area (Å²) < 4.78 is 78.5. The van der Waals surface area contributed by atoms with Crippen molar-refractivity contribution in [1.82, 2.24) is 20.0 Å². The molecule has 0 N–H and O–H groups in total. The summed E-state index contributed by atoms with van der Waals surface area (Å²) in [5.74, 6) is -6.00. The molecular formula is C21H21F5N4O4. The molecule has 13 heteroatoms. The molecule has 2 aliphatic heterocycles. The average molecular weight is 488 g/mol. The SMILES string of the molecule is CC(C)(C)OC(=O)N1CC(F)(F)C[C@H]1CN1Cc2c(F)cc(-c3nnc(C(F)F)o3)cc2C1=O. The Morgan fingerprint density at radius 1 is 1.29 bits per heavy atom. The Bertz CT molecular complexity index is 1130. The van der Waals surface area contributed by atoms with Crippen molar-refractivity contribution in [3.63, 3.8) is 0 Å². The number of nitrogens with zero attached hydrogens (tertiary/aromatic N) is 4. The fourth-order valence-corrected chi connectivity index (χ4v) is 3.98. The first-order chi connectivity index (χ1) is 15.7. The van der Waals surface area contributed by atoms with Gasteiger partial charge in [0.25, 0.3) is 17.7 Å². The van der Waals surface area contributed by atoms with E-state index in [0.717, 1.165) is 15.9 Å². The highest BCUT2D eigenvalue weighted by atomic mass is 19.3. The topological polar surface area (TPSA) is 88.8 Å². The fourth-order valence-electron chi connectivity index (χ4n) is 3.98. The molecule has 1 aromatic heterocycles. The molecule has 4 rings (SSSR count). The van der Waals surface area contributed by atoms with Gasteiger partial charge in [-0.25, -0.2) is 18.0 Å². The smallest absolute Gasteiger partial charge is 0.410 e. The highest BCUT2D eigenvalue weighted by molar-refractivity contribution is 5.99. The maximum absolute atomic E-state index is 14.8. The summed E-state index contributed by atoms with van der Waals surface area (Å²) in [6.07, 6.45) is -4.63. The third kappa shape index (κ3) is 4.68. The molecule has 3 heterocycles. The summed E-state index contributed by atoms with van der Waals surface area (Å²) in [6, 6.07) is 1.14. The number of carbonyl (C=O) groups excluding carboxylic acids is 2. The minimum Gasteiger partial charge on any atom is -0.444 e. The predicted molar refractivity (Wildman–Crippen MR) is 106 cm³/mol. The second-order valence-electron chi connectivity index (χ2n) is 9.24. The highest BCUT2D eigenvalue weighted by Gasteiger charge is 2.49. The van der Waals surface area contributed by atoms with Crippen molar-refractivity contribution in [3.8, 4) is 11.5 Å². The van der Waals surface area contributed by atoms with Crippen molar-refractivity contribution in [2.75, 3.05) is 13.1 Å². The highest BCUT2D eigenvalue weighted by Crippen LogP contribution is 2.36. The molecule has 1 fully saturated rings. The molecule has 2 amide bonds. The number of likely N-dealkylation sites (tertiary alicyclic amines) is 1. The molecular weight excluding hydrogens is 467 g/mol. The number of alkyl halides is 4. The number of benzene rings is 1. The number of fused-ring (bicyclic) bond motifs is 1. The van der Waals surface area contributed by atoms with Crippen molar-refractivity contribution in [3.05, 3.63) is 35.0 Å². The molecule has 0 spiro atoms. The lowest BCUT2D eigenvalue weighted by molar-refractivity contribution is -0.00263. The standard InChI is InChI=1S/C21H21F5N4O4/c1-20(2,3)34-19(32)30-9-21(25,26)6-11(30)7-29-8-13-12(18(29)31)4-10(5-14(13)22)16-27-28-17(33-16)15(23)24/h4-5,11,15H,6-9H2,1-3H3/t11-/m0/s1. The lowest BCUT2D eigenvalue weighted by Gasteiger charge is -2.30. The van der Waals surface area contributed by atoms with Crippen molar-refractivity contribution in [2.24, 2.45) is 0 Å². The van der Waals surface area contributed by atoms with Crippen molar-refractivity contribution >= 4 is 12.0 Å². The summed E-state index contributed by atoms with van der Waals surface area (Å²) in [5.41, 5.74) is -1.05. The van der Waals surface area contributed by atoms with Gasteiger partial charge >= 0.3 is 12.5 Å². The van der Waals surface area contributed by atoms with Crippen LogP contribution in [-0.4, -0.2) is 62.7 Å². The van der Waals surface area contributed by atoms with Crippen LogP contribution in [0.1, 0.15) is 55.4 Å². The summed E-state index contributed by atoms with van der Waals surface area (Å²) in [5, 5.41) is 6.62. The van der Waals surface area contributed by atoms with Crippen LogP contribution in [0.4, 0.5) is 26.7 Å². The minimum atomic E-state index is -3.17. The van der Waals surface area contributed by atoms with E-state index in [0.29, 0.717) is 0 Å². The molecule has 1 atom stereocenters. The number of halogens is 5. The maximum atomic E-state index is 14.8. The molecule has 184 valence electrons. The lowest BCUT2D eigenvalue weighted by atomic mass is 10.1. The first-order valence-electron chi connectivity index (χ1n) is 10.3. The molecule has 0 saturated carbocycles. The number of ether oxygens (including phenoxy) is 1.